The molecule has 1 heterocycles. The molecule has 0 amide bonds. The molecule has 0 radical (unpaired) electrons. The quantitative estimate of drug-likeness (QED) is 0.164. The van der Waals surface area contributed by atoms with Crippen LogP contribution in [0.5, 0.6) is 5.75 Å². The lowest BCUT2D eigenvalue weighted by Gasteiger charge is -2.21. The second-order valence-electron chi connectivity index (χ2n) is 9.46. The Kier molecular flexibility index (Phi) is 7.03. The van der Waals surface area contributed by atoms with Crippen LogP contribution in [0.4, 0.5) is 5.69 Å². The van der Waals surface area contributed by atoms with Crippen molar-refractivity contribution in [3.63, 3.8) is 0 Å². The van der Waals surface area contributed by atoms with E-state index in [1.807, 2.05) is 58.0 Å². The van der Waals surface area contributed by atoms with Crippen molar-refractivity contribution in [1.29, 1.82) is 0 Å². The highest BCUT2D eigenvalue weighted by Crippen LogP contribution is 2.26. The molecule has 9 heteroatoms. The lowest BCUT2D eigenvalue weighted by molar-refractivity contribution is -0.384. The van der Waals surface area contributed by atoms with E-state index in [1.54, 1.807) is 12.1 Å². The van der Waals surface area contributed by atoms with Crippen molar-refractivity contribution >= 4 is 38.7 Å². The van der Waals surface area contributed by atoms with Crippen LogP contribution in [0, 0.1) is 17.0 Å². The summed E-state index contributed by atoms with van der Waals surface area (Å²) in [5, 5.41) is 16.3. The monoisotopic (exact) mass is 548 g/mol. The van der Waals surface area contributed by atoms with Crippen molar-refractivity contribution in [2.24, 2.45) is 5.10 Å². The maximum Gasteiger partial charge on any atom is 0.282 e. The number of hydrogen-bond donors (Lipinski definition) is 0. The van der Waals surface area contributed by atoms with Crippen LogP contribution in [-0.4, -0.2) is 20.8 Å². The maximum atomic E-state index is 13.4. The zero-order valence-electron chi connectivity index (χ0n) is 20.4. The summed E-state index contributed by atoms with van der Waals surface area (Å²) in [6, 6.07) is 17.5. The molecule has 0 fully saturated rings. The van der Waals surface area contributed by atoms with E-state index in [4.69, 9.17) is 9.72 Å². The SMILES string of the molecule is Cc1ccc(COc2ccc([N+](=O)[O-])cc2C=Nn2c(C(C)(C)C)nc3ccc(Br)cc3c2=O)cc1. The predicted molar refractivity (Wildman–Crippen MR) is 144 cm³/mol. The van der Waals surface area contributed by atoms with Crippen LogP contribution in [0.15, 0.2) is 75.0 Å². The summed E-state index contributed by atoms with van der Waals surface area (Å²) >= 11 is 3.40. The Hall–Kier alpha value is -3.85. The number of non-ortho nitro benzene ring substituents is 1. The van der Waals surface area contributed by atoms with Gasteiger partial charge in [-0.1, -0.05) is 66.5 Å². The van der Waals surface area contributed by atoms with Gasteiger partial charge in [0.25, 0.3) is 11.2 Å². The number of aromatic nitrogens is 2. The maximum absolute atomic E-state index is 13.4. The number of fused-ring (bicyclic) bond motifs is 1. The summed E-state index contributed by atoms with van der Waals surface area (Å²) in [6.07, 6.45) is 1.40. The van der Waals surface area contributed by atoms with Crippen LogP contribution in [0.3, 0.4) is 0 Å². The third kappa shape index (κ3) is 5.52. The molecule has 0 N–H and O–H groups in total. The molecule has 0 saturated heterocycles. The van der Waals surface area contributed by atoms with Crippen molar-refractivity contribution in [3.8, 4) is 5.75 Å². The first-order valence-corrected chi connectivity index (χ1v) is 12.1. The highest BCUT2D eigenvalue weighted by Gasteiger charge is 2.23. The molecule has 4 rings (SSSR count). The Morgan fingerprint density at radius 2 is 1.83 bits per heavy atom. The van der Waals surface area contributed by atoms with Crippen LogP contribution in [0.1, 0.15) is 43.3 Å². The zero-order valence-corrected chi connectivity index (χ0v) is 21.9. The van der Waals surface area contributed by atoms with E-state index in [1.165, 1.54) is 29.1 Å². The summed E-state index contributed by atoms with van der Waals surface area (Å²) in [7, 11) is 0. The van der Waals surface area contributed by atoms with Gasteiger partial charge < -0.3 is 4.74 Å². The Morgan fingerprint density at radius 3 is 2.50 bits per heavy atom. The molecule has 0 spiro atoms. The molecule has 4 aromatic rings. The number of nitrogens with zero attached hydrogens (tertiary/aromatic N) is 4. The van der Waals surface area contributed by atoms with Crippen LogP contribution in [0.25, 0.3) is 10.9 Å². The first-order chi connectivity index (χ1) is 17.0. The average Bonchev–Trinajstić information content (AvgIpc) is 2.83. The van der Waals surface area contributed by atoms with E-state index >= 15 is 0 Å². The lowest BCUT2D eigenvalue weighted by atomic mass is 9.95. The highest BCUT2D eigenvalue weighted by molar-refractivity contribution is 9.10. The molecular weight excluding hydrogens is 524 g/mol. The minimum atomic E-state index is -0.495. The second-order valence-corrected chi connectivity index (χ2v) is 10.4. The molecule has 0 aliphatic rings. The van der Waals surface area contributed by atoms with Crippen molar-refractivity contribution in [2.45, 2.75) is 39.7 Å². The van der Waals surface area contributed by atoms with Gasteiger partial charge in [0.15, 0.2) is 0 Å². The van der Waals surface area contributed by atoms with Crippen molar-refractivity contribution < 1.29 is 9.66 Å². The van der Waals surface area contributed by atoms with Gasteiger partial charge in [-0.15, -0.1) is 0 Å². The molecule has 3 aromatic carbocycles. The molecular formula is C27H25BrN4O4. The van der Waals surface area contributed by atoms with E-state index in [-0.39, 0.29) is 17.9 Å². The fourth-order valence-corrected chi connectivity index (χ4v) is 3.95. The van der Waals surface area contributed by atoms with Crippen LogP contribution >= 0.6 is 15.9 Å². The molecule has 0 atom stereocenters. The normalized spacial score (nSPS) is 11.8. The van der Waals surface area contributed by atoms with E-state index in [9.17, 15) is 14.9 Å². The lowest BCUT2D eigenvalue weighted by Crippen LogP contribution is -2.29. The van der Waals surface area contributed by atoms with Crippen molar-refractivity contribution in [2.75, 3.05) is 0 Å². The fraction of sp³-hybridized carbons (Fsp3) is 0.222. The Balaban J connectivity index is 1.79. The number of nitro benzene ring substituents is 1. The Morgan fingerprint density at radius 1 is 1.11 bits per heavy atom. The van der Waals surface area contributed by atoms with E-state index in [2.05, 4.69) is 21.0 Å². The number of nitro groups is 1. The number of benzene rings is 3. The fourth-order valence-electron chi connectivity index (χ4n) is 3.59. The Bertz CT molecular complexity index is 1540. The molecule has 1 aromatic heterocycles. The van der Waals surface area contributed by atoms with Crippen LogP contribution < -0.4 is 10.3 Å². The second kappa shape index (κ2) is 10.0. The number of halogens is 1. The largest absolute Gasteiger partial charge is 0.488 e. The summed E-state index contributed by atoms with van der Waals surface area (Å²) in [5.41, 5.74) is 2.09. The third-order valence-corrected chi connectivity index (χ3v) is 6.00. The summed E-state index contributed by atoms with van der Waals surface area (Å²) in [5.74, 6) is 0.873. The first kappa shape index (κ1) is 25.2. The topological polar surface area (TPSA) is 99.6 Å². The van der Waals surface area contributed by atoms with Gasteiger partial charge in [-0.2, -0.15) is 9.78 Å². The van der Waals surface area contributed by atoms with Gasteiger partial charge in [0.05, 0.1) is 22.0 Å². The average molecular weight is 549 g/mol. The number of aryl methyl sites for hydroxylation is 1. The zero-order chi connectivity index (χ0) is 26.0. The van der Waals surface area contributed by atoms with Crippen LogP contribution in [0.2, 0.25) is 0 Å². The molecule has 0 aliphatic heterocycles. The minimum Gasteiger partial charge on any atom is -0.488 e. The van der Waals surface area contributed by atoms with E-state index in [0.717, 1.165) is 15.6 Å². The van der Waals surface area contributed by atoms with E-state index in [0.29, 0.717) is 28.0 Å². The van der Waals surface area contributed by atoms with Gasteiger partial charge in [0.1, 0.15) is 18.2 Å². The predicted octanol–water partition coefficient (Wildman–Crippen LogP) is 6.13. The molecule has 0 unspecified atom stereocenters. The van der Waals surface area contributed by atoms with Gasteiger partial charge in [-0.3, -0.25) is 14.9 Å². The first-order valence-electron chi connectivity index (χ1n) is 11.3. The molecule has 36 heavy (non-hydrogen) atoms. The van der Waals surface area contributed by atoms with Gasteiger partial charge >= 0.3 is 0 Å². The smallest absolute Gasteiger partial charge is 0.282 e. The summed E-state index contributed by atoms with van der Waals surface area (Å²) < 4.78 is 7.97. The van der Waals surface area contributed by atoms with Gasteiger partial charge in [-0.25, -0.2) is 4.98 Å². The minimum absolute atomic E-state index is 0.108. The molecule has 0 bridgehead atoms. The number of hydrogen-bond acceptors (Lipinski definition) is 6. The molecule has 8 nitrogen and oxygen atoms in total. The summed E-state index contributed by atoms with van der Waals surface area (Å²) in [6.45, 7) is 8.10. The number of rotatable bonds is 6. The van der Waals surface area contributed by atoms with Gasteiger partial charge in [-0.05, 0) is 36.8 Å². The standard InChI is InChI=1S/C27H25BrN4O4/c1-17-5-7-18(8-6-17)16-36-24-12-10-21(32(34)35)13-19(24)15-29-31-25(33)22-14-20(28)9-11-23(22)30-26(31)27(2,3)4/h5-15H,16H2,1-4H3. The van der Waals surface area contributed by atoms with Crippen molar-refractivity contribution in [1.82, 2.24) is 9.66 Å². The number of ether oxygens (including phenoxy) is 1. The third-order valence-electron chi connectivity index (χ3n) is 5.51. The Labute approximate surface area is 216 Å². The highest BCUT2D eigenvalue weighted by atomic mass is 79.9. The summed E-state index contributed by atoms with van der Waals surface area (Å²) in [4.78, 5) is 29.1. The van der Waals surface area contributed by atoms with Gasteiger partial charge in [0.2, 0.25) is 0 Å². The molecule has 0 saturated carbocycles. The molecule has 184 valence electrons. The van der Waals surface area contributed by atoms with Gasteiger partial charge in [0, 0.05) is 27.6 Å². The van der Waals surface area contributed by atoms with Crippen LogP contribution in [-0.2, 0) is 12.0 Å². The van der Waals surface area contributed by atoms with Crippen molar-refractivity contribution in [3.05, 3.63) is 108 Å². The molecule has 0 aliphatic carbocycles. The van der Waals surface area contributed by atoms with E-state index < -0.39 is 10.3 Å².